The second-order valence-corrected chi connectivity index (χ2v) is 5.86. The smallest absolute Gasteiger partial charge is 0.222 e. The first-order valence-corrected chi connectivity index (χ1v) is 7.88. The molecule has 0 aliphatic carbocycles. The van der Waals surface area contributed by atoms with Crippen LogP contribution < -0.4 is 15.8 Å². The molecule has 6 heteroatoms. The van der Waals surface area contributed by atoms with Crippen LogP contribution in [-0.2, 0) is 0 Å². The van der Waals surface area contributed by atoms with Gasteiger partial charge in [0.1, 0.15) is 12.1 Å². The Bertz CT molecular complexity index is 815. The minimum Gasteiger partial charge on any atom is -0.497 e. The van der Waals surface area contributed by atoms with Crippen LogP contribution in [0.15, 0.2) is 60.9 Å². The monoisotopic (exact) mass is 321 g/mol. The molecular weight excluding hydrogens is 302 g/mol. The van der Waals surface area contributed by atoms with Crippen molar-refractivity contribution in [3.8, 4) is 5.75 Å². The van der Waals surface area contributed by atoms with Gasteiger partial charge in [0.25, 0.3) is 0 Å². The van der Waals surface area contributed by atoms with Gasteiger partial charge in [0.15, 0.2) is 0 Å². The van der Waals surface area contributed by atoms with Crippen LogP contribution in [0.5, 0.6) is 5.75 Å². The third kappa shape index (κ3) is 2.41. The summed E-state index contributed by atoms with van der Waals surface area (Å²) in [6, 6.07) is 17.8. The highest BCUT2D eigenvalue weighted by Gasteiger charge is 2.37. The normalized spacial score (nSPS) is 22.5. The maximum absolute atomic E-state index is 6.65. The molecule has 3 aromatic rings. The van der Waals surface area contributed by atoms with Crippen molar-refractivity contribution in [2.45, 2.75) is 18.1 Å². The number of nitrogens with one attached hydrogen (secondary N) is 1. The van der Waals surface area contributed by atoms with E-state index < -0.39 is 0 Å². The Morgan fingerprint density at radius 3 is 2.50 bits per heavy atom. The molecule has 0 bridgehead atoms. The lowest BCUT2D eigenvalue weighted by Crippen LogP contribution is -2.46. The molecule has 6 nitrogen and oxygen atoms in total. The minimum atomic E-state index is -0.185. The molecule has 24 heavy (non-hydrogen) atoms. The molecular formula is C18H19N5O. The van der Waals surface area contributed by atoms with Crippen molar-refractivity contribution in [2.24, 2.45) is 5.73 Å². The number of methoxy groups -OCH3 is 1. The lowest BCUT2D eigenvalue weighted by molar-refractivity contribution is 0.371. The summed E-state index contributed by atoms with van der Waals surface area (Å²) in [5.74, 6) is 1.55. The molecule has 4 rings (SSSR count). The molecule has 1 aliphatic heterocycles. The summed E-state index contributed by atoms with van der Waals surface area (Å²) in [7, 11) is 1.66. The van der Waals surface area contributed by atoms with Gasteiger partial charge in [-0.2, -0.15) is 10.1 Å². The van der Waals surface area contributed by atoms with Crippen LogP contribution in [0.3, 0.4) is 0 Å². The Hall–Kier alpha value is -2.86. The second-order valence-electron chi connectivity index (χ2n) is 5.86. The Morgan fingerprint density at radius 1 is 1.04 bits per heavy atom. The van der Waals surface area contributed by atoms with Crippen LogP contribution in [0, 0.1) is 0 Å². The van der Waals surface area contributed by atoms with Crippen LogP contribution in [-0.4, -0.2) is 27.9 Å². The standard InChI is InChI=1S/C18H19N5O/c1-24-14-9-7-12(8-10-14)16-15(19)17(13-5-3-2-4-6-13)23-18(22-16)20-11-21-23/h2-11,15-17H,19H2,1H3,(H,20,21,22)/t15-,16-,17-/m1/s1. The number of hydrogen-bond acceptors (Lipinski definition) is 5. The highest BCUT2D eigenvalue weighted by Crippen LogP contribution is 2.36. The third-order valence-electron chi connectivity index (χ3n) is 4.49. The van der Waals surface area contributed by atoms with Crippen molar-refractivity contribution in [3.63, 3.8) is 0 Å². The molecule has 3 N–H and O–H groups in total. The van der Waals surface area contributed by atoms with Crippen molar-refractivity contribution in [1.82, 2.24) is 14.8 Å². The maximum atomic E-state index is 6.65. The molecule has 0 amide bonds. The second kappa shape index (κ2) is 5.98. The largest absolute Gasteiger partial charge is 0.497 e. The Kier molecular flexibility index (Phi) is 3.66. The first-order chi connectivity index (χ1) is 11.8. The van der Waals surface area contributed by atoms with Gasteiger partial charge in [-0.3, -0.25) is 0 Å². The van der Waals surface area contributed by atoms with Gasteiger partial charge in [0.05, 0.1) is 25.2 Å². The van der Waals surface area contributed by atoms with Gasteiger partial charge in [0, 0.05) is 0 Å². The highest BCUT2D eigenvalue weighted by molar-refractivity contribution is 5.42. The van der Waals surface area contributed by atoms with E-state index in [1.807, 2.05) is 47.1 Å². The fraction of sp³-hybridized carbons (Fsp3) is 0.222. The summed E-state index contributed by atoms with van der Waals surface area (Å²) in [6.07, 6.45) is 1.56. The van der Waals surface area contributed by atoms with Crippen molar-refractivity contribution < 1.29 is 4.74 Å². The van der Waals surface area contributed by atoms with Crippen LogP contribution in [0.2, 0.25) is 0 Å². The van der Waals surface area contributed by atoms with Crippen molar-refractivity contribution >= 4 is 5.95 Å². The molecule has 0 spiro atoms. The average Bonchev–Trinajstić information content (AvgIpc) is 3.10. The molecule has 0 fully saturated rings. The van der Waals surface area contributed by atoms with Gasteiger partial charge >= 0.3 is 0 Å². The van der Waals surface area contributed by atoms with Gasteiger partial charge in [-0.25, -0.2) is 4.68 Å². The highest BCUT2D eigenvalue weighted by atomic mass is 16.5. The number of nitrogens with two attached hydrogens (primary N) is 1. The number of aromatic nitrogens is 3. The van der Waals surface area contributed by atoms with E-state index in [2.05, 4.69) is 27.5 Å². The first kappa shape index (κ1) is 14.7. The summed E-state index contributed by atoms with van der Waals surface area (Å²) in [6.45, 7) is 0. The molecule has 2 heterocycles. The molecule has 1 aliphatic rings. The first-order valence-electron chi connectivity index (χ1n) is 7.88. The Labute approximate surface area is 140 Å². The molecule has 0 saturated heterocycles. The summed E-state index contributed by atoms with van der Waals surface area (Å²) in [5, 5.41) is 7.77. The predicted molar refractivity (Wildman–Crippen MR) is 91.9 cm³/mol. The zero-order valence-electron chi connectivity index (χ0n) is 13.3. The molecule has 2 aromatic carbocycles. The van der Waals surface area contributed by atoms with E-state index in [1.165, 1.54) is 0 Å². The van der Waals surface area contributed by atoms with Gasteiger partial charge in [-0.05, 0) is 23.3 Å². The number of benzene rings is 2. The summed E-state index contributed by atoms with van der Waals surface area (Å²) in [4.78, 5) is 4.34. The van der Waals surface area contributed by atoms with E-state index in [-0.39, 0.29) is 18.1 Å². The SMILES string of the molecule is COc1ccc([C@H]2Nc3ncnn3[C@H](c3ccccc3)[C@@H]2N)cc1. The van der Waals surface area contributed by atoms with Crippen LogP contribution >= 0.6 is 0 Å². The van der Waals surface area contributed by atoms with Crippen LogP contribution in [0.1, 0.15) is 23.2 Å². The summed E-state index contributed by atoms with van der Waals surface area (Å²) in [5.41, 5.74) is 8.87. The van der Waals surface area contributed by atoms with Gasteiger partial charge in [0.2, 0.25) is 5.95 Å². The van der Waals surface area contributed by atoms with E-state index in [1.54, 1.807) is 13.4 Å². The lowest BCUT2D eigenvalue weighted by atomic mass is 9.89. The average molecular weight is 321 g/mol. The van der Waals surface area contributed by atoms with Gasteiger partial charge in [-0.15, -0.1) is 0 Å². The Balaban J connectivity index is 1.75. The zero-order chi connectivity index (χ0) is 16.5. The van der Waals surface area contributed by atoms with Gasteiger partial charge < -0.3 is 15.8 Å². The molecule has 3 atom stereocenters. The topological polar surface area (TPSA) is 78.0 Å². The number of anilines is 1. The van der Waals surface area contributed by atoms with Gasteiger partial charge in [-0.1, -0.05) is 42.5 Å². The quantitative estimate of drug-likeness (QED) is 0.774. The summed E-state index contributed by atoms with van der Waals surface area (Å²) < 4.78 is 7.10. The van der Waals surface area contributed by atoms with E-state index in [0.717, 1.165) is 22.8 Å². The number of nitrogens with zero attached hydrogens (tertiary/aromatic N) is 3. The van der Waals surface area contributed by atoms with Crippen molar-refractivity contribution in [1.29, 1.82) is 0 Å². The number of fused-ring (bicyclic) bond motifs is 1. The molecule has 122 valence electrons. The number of ether oxygens (including phenoxy) is 1. The van der Waals surface area contributed by atoms with Crippen LogP contribution in [0.4, 0.5) is 5.95 Å². The predicted octanol–water partition coefficient (Wildman–Crippen LogP) is 2.37. The Morgan fingerprint density at radius 2 is 1.79 bits per heavy atom. The molecule has 1 aromatic heterocycles. The zero-order valence-corrected chi connectivity index (χ0v) is 13.3. The maximum Gasteiger partial charge on any atom is 0.222 e. The molecule has 0 saturated carbocycles. The number of rotatable bonds is 3. The van der Waals surface area contributed by atoms with Crippen LogP contribution in [0.25, 0.3) is 0 Å². The van der Waals surface area contributed by atoms with E-state index >= 15 is 0 Å². The van der Waals surface area contributed by atoms with E-state index in [9.17, 15) is 0 Å². The molecule has 0 unspecified atom stereocenters. The molecule has 0 radical (unpaired) electrons. The van der Waals surface area contributed by atoms with Crippen molar-refractivity contribution in [3.05, 3.63) is 72.1 Å². The fourth-order valence-corrected chi connectivity index (χ4v) is 3.27. The fourth-order valence-electron chi connectivity index (χ4n) is 3.27. The number of hydrogen-bond donors (Lipinski definition) is 2. The van der Waals surface area contributed by atoms with Crippen molar-refractivity contribution in [2.75, 3.05) is 12.4 Å². The third-order valence-corrected chi connectivity index (χ3v) is 4.49. The van der Waals surface area contributed by atoms with E-state index in [0.29, 0.717) is 0 Å². The lowest BCUT2D eigenvalue weighted by Gasteiger charge is -2.37. The minimum absolute atomic E-state index is 0.0576. The van der Waals surface area contributed by atoms with E-state index in [4.69, 9.17) is 10.5 Å². The summed E-state index contributed by atoms with van der Waals surface area (Å²) >= 11 is 0.